The van der Waals surface area contributed by atoms with E-state index < -0.39 is 0 Å². The number of hydrogen-bond donors (Lipinski definition) is 1. The van der Waals surface area contributed by atoms with Crippen molar-refractivity contribution in [3.8, 4) is 0 Å². The van der Waals surface area contributed by atoms with Crippen LogP contribution in [-0.4, -0.2) is 9.38 Å². The second-order valence-electron chi connectivity index (χ2n) is 4.27. The van der Waals surface area contributed by atoms with E-state index in [0.29, 0.717) is 0 Å². The Labute approximate surface area is 96.4 Å². The standard InChI is InChI=1S/C11H12BrN3/c1-7-3-2-4-8-14-9(10(12)15(7)8)11(13)5-6-11/h2-4H,5-6,13H2,1H3. The van der Waals surface area contributed by atoms with E-state index in [1.807, 2.05) is 12.1 Å². The summed E-state index contributed by atoms with van der Waals surface area (Å²) in [7, 11) is 0. The zero-order chi connectivity index (χ0) is 10.6. The number of fused-ring (bicyclic) bond motifs is 1. The number of nitrogens with two attached hydrogens (primary N) is 1. The number of aryl methyl sites for hydroxylation is 1. The van der Waals surface area contributed by atoms with Crippen LogP contribution in [0.1, 0.15) is 24.2 Å². The minimum Gasteiger partial charge on any atom is -0.320 e. The molecule has 0 bridgehead atoms. The Kier molecular flexibility index (Phi) is 1.77. The van der Waals surface area contributed by atoms with Crippen LogP contribution < -0.4 is 5.73 Å². The molecule has 1 fully saturated rings. The molecule has 0 unspecified atom stereocenters. The molecule has 4 heteroatoms. The van der Waals surface area contributed by atoms with Crippen molar-refractivity contribution in [2.75, 3.05) is 0 Å². The SMILES string of the molecule is Cc1cccc2nc(C3(N)CC3)c(Br)n12. The maximum Gasteiger partial charge on any atom is 0.138 e. The molecule has 3 nitrogen and oxygen atoms in total. The summed E-state index contributed by atoms with van der Waals surface area (Å²) in [5.41, 5.74) is 9.13. The first kappa shape index (κ1) is 9.36. The molecule has 2 N–H and O–H groups in total. The van der Waals surface area contributed by atoms with Gasteiger partial charge in [-0.1, -0.05) is 6.07 Å². The summed E-state index contributed by atoms with van der Waals surface area (Å²) in [6, 6.07) is 6.09. The van der Waals surface area contributed by atoms with E-state index >= 15 is 0 Å². The van der Waals surface area contributed by atoms with Crippen LogP contribution in [0.25, 0.3) is 5.65 Å². The Morgan fingerprint density at radius 3 is 2.80 bits per heavy atom. The number of rotatable bonds is 1. The maximum absolute atomic E-state index is 6.18. The van der Waals surface area contributed by atoms with Crippen LogP contribution in [0.15, 0.2) is 22.8 Å². The maximum atomic E-state index is 6.18. The highest BCUT2D eigenvalue weighted by Crippen LogP contribution is 2.45. The van der Waals surface area contributed by atoms with Gasteiger partial charge in [-0.3, -0.25) is 4.40 Å². The molecule has 0 amide bonds. The highest BCUT2D eigenvalue weighted by molar-refractivity contribution is 9.10. The molecular weight excluding hydrogens is 254 g/mol. The van der Waals surface area contributed by atoms with Crippen LogP contribution in [0.2, 0.25) is 0 Å². The molecule has 2 aromatic heterocycles. The Balaban J connectivity index is 2.34. The lowest BCUT2D eigenvalue weighted by Gasteiger charge is -2.05. The van der Waals surface area contributed by atoms with E-state index in [4.69, 9.17) is 5.73 Å². The summed E-state index contributed by atoms with van der Waals surface area (Å²) in [6.07, 6.45) is 2.07. The molecule has 2 aromatic rings. The van der Waals surface area contributed by atoms with Crippen LogP contribution >= 0.6 is 15.9 Å². The fourth-order valence-electron chi connectivity index (χ4n) is 1.90. The molecule has 15 heavy (non-hydrogen) atoms. The van der Waals surface area contributed by atoms with Gasteiger partial charge in [0.05, 0.1) is 11.2 Å². The van der Waals surface area contributed by atoms with Gasteiger partial charge in [-0.25, -0.2) is 4.98 Å². The van der Waals surface area contributed by atoms with E-state index in [-0.39, 0.29) is 5.54 Å². The quantitative estimate of drug-likeness (QED) is 0.861. The van der Waals surface area contributed by atoms with Crippen molar-refractivity contribution < 1.29 is 0 Å². The van der Waals surface area contributed by atoms with Gasteiger partial charge in [0.1, 0.15) is 10.3 Å². The molecule has 0 aromatic carbocycles. The first-order valence-electron chi connectivity index (χ1n) is 5.05. The van der Waals surface area contributed by atoms with Crippen molar-refractivity contribution in [2.24, 2.45) is 5.73 Å². The monoisotopic (exact) mass is 265 g/mol. The first-order chi connectivity index (χ1) is 7.12. The van der Waals surface area contributed by atoms with Gasteiger partial charge >= 0.3 is 0 Å². The van der Waals surface area contributed by atoms with Crippen molar-refractivity contribution in [1.82, 2.24) is 9.38 Å². The Morgan fingerprint density at radius 1 is 1.47 bits per heavy atom. The summed E-state index contributed by atoms with van der Waals surface area (Å²) in [4.78, 5) is 4.60. The van der Waals surface area contributed by atoms with Gasteiger partial charge < -0.3 is 5.73 Å². The molecule has 78 valence electrons. The predicted molar refractivity (Wildman–Crippen MR) is 62.7 cm³/mol. The van der Waals surface area contributed by atoms with Gasteiger partial charge in [0.25, 0.3) is 0 Å². The van der Waals surface area contributed by atoms with Crippen molar-refractivity contribution in [1.29, 1.82) is 0 Å². The van der Waals surface area contributed by atoms with Crippen molar-refractivity contribution in [2.45, 2.75) is 25.3 Å². The van der Waals surface area contributed by atoms with E-state index in [0.717, 1.165) is 28.8 Å². The molecule has 0 radical (unpaired) electrons. The molecule has 3 rings (SSSR count). The average molecular weight is 266 g/mol. The lowest BCUT2D eigenvalue weighted by Crippen LogP contribution is -2.19. The smallest absolute Gasteiger partial charge is 0.138 e. The fraction of sp³-hybridized carbons (Fsp3) is 0.364. The summed E-state index contributed by atoms with van der Waals surface area (Å²) in [5, 5.41) is 0. The van der Waals surface area contributed by atoms with Crippen LogP contribution in [0.4, 0.5) is 0 Å². The normalized spacial score (nSPS) is 18.3. The Bertz CT molecular complexity index is 540. The predicted octanol–water partition coefficient (Wildman–Crippen LogP) is 2.35. The summed E-state index contributed by atoms with van der Waals surface area (Å²) in [6.45, 7) is 2.07. The lowest BCUT2D eigenvalue weighted by molar-refractivity contribution is 0.709. The van der Waals surface area contributed by atoms with E-state index in [2.05, 4.69) is 38.3 Å². The summed E-state index contributed by atoms with van der Waals surface area (Å²) in [5.74, 6) is 0. The summed E-state index contributed by atoms with van der Waals surface area (Å²) < 4.78 is 3.11. The number of nitrogens with zero attached hydrogens (tertiary/aromatic N) is 2. The van der Waals surface area contributed by atoms with Crippen LogP contribution in [0.3, 0.4) is 0 Å². The third kappa shape index (κ3) is 1.25. The molecule has 1 saturated carbocycles. The van der Waals surface area contributed by atoms with Crippen LogP contribution in [0, 0.1) is 6.92 Å². The lowest BCUT2D eigenvalue weighted by atomic mass is 10.2. The highest BCUT2D eigenvalue weighted by Gasteiger charge is 2.44. The third-order valence-electron chi connectivity index (χ3n) is 3.04. The van der Waals surface area contributed by atoms with E-state index in [1.54, 1.807) is 0 Å². The Morgan fingerprint density at radius 2 is 2.20 bits per heavy atom. The molecule has 1 aliphatic carbocycles. The number of hydrogen-bond acceptors (Lipinski definition) is 2. The van der Waals surface area contributed by atoms with E-state index in [1.165, 1.54) is 5.69 Å². The van der Waals surface area contributed by atoms with Gasteiger partial charge in [0.15, 0.2) is 0 Å². The van der Waals surface area contributed by atoms with Crippen LogP contribution in [0.5, 0.6) is 0 Å². The first-order valence-corrected chi connectivity index (χ1v) is 5.84. The molecule has 0 saturated heterocycles. The molecule has 2 heterocycles. The molecule has 0 atom stereocenters. The Hall–Kier alpha value is -0.870. The third-order valence-corrected chi connectivity index (χ3v) is 3.77. The minimum absolute atomic E-state index is 0.183. The second-order valence-corrected chi connectivity index (χ2v) is 5.02. The molecular formula is C11H12BrN3. The number of aromatic nitrogens is 2. The number of halogens is 1. The highest BCUT2D eigenvalue weighted by atomic mass is 79.9. The molecule has 0 spiro atoms. The van der Waals surface area contributed by atoms with Gasteiger partial charge in [-0.05, 0) is 47.8 Å². The zero-order valence-corrected chi connectivity index (χ0v) is 10.1. The van der Waals surface area contributed by atoms with Gasteiger partial charge in [0, 0.05) is 5.69 Å². The van der Waals surface area contributed by atoms with Gasteiger partial charge in [-0.2, -0.15) is 0 Å². The van der Waals surface area contributed by atoms with Gasteiger partial charge in [-0.15, -0.1) is 0 Å². The van der Waals surface area contributed by atoms with E-state index in [9.17, 15) is 0 Å². The largest absolute Gasteiger partial charge is 0.320 e. The molecule has 0 aliphatic heterocycles. The van der Waals surface area contributed by atoms with Gasteiger partial charge in [0.2, 0.25) is 0 Å². The van der Waals surface area contributed by atoms with Crippen molar-refractivity contribution in [3.05, 3.63) is 34.2 Å². The minimum atomic E-state index is -0.183. The summed E-state index contributed by atoms with van der Waals surface area (Å²) >= 11 is 3.60. The average Bonchev–Trinajstić information content (AvgIpc) is 2.83. The van der Waals surface area contributed by atoms with Crippen molar-refractivity contribution in [3.63, 3.8) is 0 Å². The van der Waals surface area contributed by atoms with Crippen LogP contribution in [-0.2, 0) is 5.54 Å². The second kappa shape index (κ2) is 2.83. The zero-order valence-electron chi connectivity index (χ0n) is 8.50. The topological polar surface area (TPSA) is 43.3 Å². The number of pyridine rings is 1. The molecule has 1 aliphatic rings. The fourth-order valence-corrected chi connectivity index (χ4v) is 2.85. The van der Waals surface area contributed by atoms with Crippen molar-refractivity contribution >= 4 is 21.6 Å². The number of imidazole rings is 1.